The number of rotatable bonds is 7. The maximum absolute atomic E-state index is 11.0. The molecular weight excluding hydrogens is 166 g/mol. The number of carbonyl (C=O) groups excluding carboxylic acids is 2. The van der Waals surface area contributed by atoms with E-state index in [-0.39, 0.29) is 5.92 Å². The summed E-state index contributed by atoms with van der Waals surface area (Å²) in [6, 6.07) is 0. The van der Waals surface area contributed by atoms with Crippen LogP contribution in [0.15, 0.2) is 0 Å². The Morgan fingerprint density at radius 1 is 1.23 bits per heavy atom. The fourth-order valence-electron chi connectivity index (χ4n) is 1.25. The van der Waals surface area contributed by atoms with Crippen LogP contribution in [0.25, 0.3) is 0 Å². The first-order valence-corrected chi connectivity index (χ1v) is 4.93. The zero-order valence-corrected chi connectivity index (χ0v) is 8.51. The third-order valence-corrected chi connectivity index (χ3v) is 2.18. The fraction of sp³-hybridized carbons (Fsp3) is 0.800. The van der Waals surface area contributed by atoms with E-state index < -0.39 is 11.7 Å². The van der Waals surface area contributed by atoms with Crippen molar-refractivity contribution in [3.8, 4) is 0 Å². The standard InChI is InChI=1S/C10H19NO2/c1-3-4-5-6-7-8(2)9(12)10(11)13/h8H,3-7H2,1-2H3,(H2,11,13). The monoisotopic (exact) mass is 185 g/mol. The second-order valence-electron chi connectivity index (χ2n) is 3.48. The van der Waals surface area contributed by atoms with E-state index in [9.17, 15) is 9.59 Å². The second kappa shape index (κ2) is 6.63. The van der Waals surface area contributed by atoms with Crippen molar-refractivity contribution in [2.24, 2.45) is 11.7 Å². The molecule has 1 unspecified atom stereocenters. The van der Waals surface area contributed by atoms with E-state index in [0.717, 1.165) is 19.3 Å². The third-order valence-electron chi connectivity index (χ3n) is 2.18. The highest BCUT2D eigenvalue weighted by atomic mass is 16.2. The molecule has 13 heavy (non-hydrogen) atoms. The van der Waals surface area contributed by atoms with Crippen molar-refractivity contribution in [3.05, 3.63) is 0 Å². The van der Waals surface area contributed by atoms with Crippen molar-refractivity contribution in [1.29, 1.82) is 0 Å². The number of amides is 1. The largest absolute Gasteiger partial charge is 0.363 e. The van der Waals surface area contributed by atoms with Gasteiger partial charge in [0.05, 0.1) is 0 Å². The van der Waals surface area contributed by atoms with Crippen molar-refractivity contribution < 1.29 is 9.59 Å². The molecule has 3 nitrogen and oxygen atoms in total. The van der Waals surface area contributed by atoms with Crippen LogP contribution >= 0.6 is 0 Å². The van der Waals surface area contributed by atoms with Crippen molar-refractivity contribution in [2.75, 3.05) is 0 Å². The molecule has 0 rings (SSSR count). The van der Waals surface area contributed by atoms with Gasteiger partial charge in [-0.1, -0.05) is 39.5 Å². The SMILES string of the molecule is CCCCCCC(C)C(=O)C(N)=O. The summed E-state index contributed by atoms with van der Waals surface area (Å²) in [6.45, 7) is 3.90. The molecular formula is C10H19NO2. The van der Waals surface area contributed by atoms with Gasteiger partial charge in [-0.3, -0.25) is 9.59 Å². The molecule has 76 valence electrons. The van der Waals surface area contributed by atoms with Crippen molar-refractivity contribution in [2.45, 2.75) is 46.0 Å². The molecule has 2 N–H and O–H groups in total. The Hall–Kier alpha value is -0.860. The van der Waals surface area contributed by atoms with Gasteiger partial charge in [-0.25, -0.2) is 0 Å². The van der Waals surface area contributed by atoms with Gasteiger partial charge >= 0.3 is 0 Å². The van der Waals surface area contributed by atoms with Crippen LogP contribution in [0.1, 0.15) is 46.0 Å². The van der Waals surface area contributed by atoms with Gasteiger partial charge in [0.2, 0.25) is 5.78 Å². The molecule has 0 heterocycles. The van der Waals surface area contributed by atoms with E-state index in [1.165, 1.54) is 12.8 Å². The summed E-state index contributed by atoms with van der Waals surface area (Å²) in [6.07, 6.45) is 5.29. The molecule has 0 saturated carbocycles. The number of hydrogen-bond acceptors (Lipinski definition) is 2. The van der Waals surface area contributed by atoms with E-state index in [2.05, 4.69) is 6.92 Å². The van der Waals surface area contributed by atoms with Gasteiger partial charge in [0, 0.05) is 5.92 Å². The second-order valence-corrected chi connectivity index (χ2v) is 3.48. The van der Waals surface area contributed by atoms with E-state index in [4.69, 9.17) is 5.73 Å². The quantitative estimate of drug-likeness (QED) is 0.484. The molecule has 0 saturated heterocycles. The van der Waals surface area contributed by atoms with Crippen LogP contribution < -0.4 is 5.73 Å². The van der Waals surface area contributed by atoms with Gasteiger partial charge in [-0.05, 0) is 6.42 Å². The molecule has 0 aliphatic heterocycles. The Labute approximate surface area is 79.7 Å². The highest BCUT2D eigenvalue weighted by molar-refractivity contribution is 6.36. The first kappa shape index (κ1) is 12.1. The lowest BCUT2D eigenvalue weighted by atomic mass is 9.98. The summed E-state index contributed by atoms with van der Waals surface area (Å²) < 4.78 is 0. The molecule has 3 heteroatoms. The maximum Gasteiger partial charge on any atom is 0.285 e. The molecule has 0 bridgehead atoms. The van der Waals surface area contributed by atoms with Crippen molar-refractivity contribution in [3.63, 3.8) is 0 Å². The predicted octanol–water partition coefficient (Wildman–Crippen LogP) is 1.65. The summed E-state index contributed by atoms with van der Waals surface area (Å²) in [5.74, 6) is -1.44. The van der Waals surface area contributed by atoms with Gasteiger partial charge in [-0.2, -0.15) is 0 Å². The van der Waals surface area contributed by atoms with E-state index in [0.29, 0.717) is 0 Å². The molecule has 0 aromatic carbocycles. The zero-order valence-electron chi connectivity index (χ0n) is 8.51. The molecule has 0 aliphatic rings. The Kier molecular flexibility index (Phi) is 6.20. The average molecular weight is 185 g/mol. The predicted molar refractivity (Wildman–Crippen MR) is 52.1 cm³/mol. The minimum atomic E-state index is -0.803. The lowest BCUT2D eigenvalue weighted by Gasteiger charge is -2.06. The molecule has 0 fully saturated rings. The smallest absolute Gasteiger partial charge is 0.285 e. The number of hydrogen-bond donors (Lipinski definition) is 1. The highest BCUT2D eigenvalue weighted by Crippen LogP contribution is 2.10. The molecule has 0 aliphatic carbocycles. The number of carbonyl (C=O) groups is 2. The first-order valence-electron chi connectivity index (χ1n) is 4.93. The van der Waals surface area contributed by atoms with Crippen LogP contribution in [0.5, 0.6) is 0 Å². The number of nitrogens with two attached hydrogens (primary N) is 1. The summed E-state index contributed by atoms with van der Waals surface area (Å²) in [5, 5.41) is 0. The fourth-order valence-corrected chi connectivity index (χ4v) is 1.25. The average Bonchev–Trinajstić information content (AvgIpc) is 2.10. The maximum atomic E-state index is 11.0. The van der Waals surface area contributed by atoms with Crippen LogP contribution in [0.4, 0.5) is 0 Å². The zero-order chi connectivity index (χ0) is 10.3. The van der Waals surface area contributed by atoms with E-state index in [1.54, 1.807) is 6.92 Å². The number of unbranched alkanes of at least 4 members (excludes halogenated alkanes) is 3. The van der Waals surface area contributed by atoms with Crippen molar-refractivity contribution >= 4 is 11.7 Å². The van der Waals surface area contributed by atoms with Crippen LogP contribution in [0.3, 0.4) is 0 Å². The first-order chi connectivity index (χ1) is 6.09. The molecule has 0 aromatic rings. The lowest BCUT2D eigenvalue weighted by Crippen LogP contribution is -2.28. The Morgan fingerprint density at radius 3 is 2.31 bits per heavy atom. The van der Waals surface area contributed by atoms with Gasteiger partial charge < -0.3 is 5.73 Å². The van der Waals surface area contributed by atoms with Gasteiger partial charge in [0.15, 0.2) is 0 Å². The van der Waals surface area contributed by atoms with Crippen LogP contribution in [-0.2, 0) is 9.59 Å². The van der Waals surface area contributed by atoms with Crippen LogP contribution in [0.2, 0.25) is 0 Å². The van der Waals surface area contributed by atoms with Crippen LogP contribution in [-0.4, -0.2) is 11.7 Å². The molecule has 0 spiro atoms. The number of ketones is 1. The van der Waals surface area contributed by atoms with Crippen LogP contribution in [0, 0.1) is 5.92 Å². The summed E-state index contributed by atoms with van der Waals surface area (Å²) in [4.78, 5) is 21.5. The Bertz CT molecular complexity index is 178. The van der Waals surface area contributed by atoms with Gasteiger partial charge in [0.25, 0.3) is 5.91 Å². The minimum Gasteiger partial charge on any atom is -0.363 e. The summed E-state index contributed by atoms with van der Waals surface area (Å²) >= 11 is 0. The highest BCUT2D eigenvalue weighted by Gasteiger charge is 2.17. The molecule has 0 aromatic heterocycles. The Morgan fingerprint density at radius 2 is 1.85 bits per heavy atom. The minimum absolute atomic E-state index is 0.200. The molecule has 0 radical (unpaired) electrons. The third kappa shape index (κ3) is 5.39. The van der Waals surface area contributed by atoms with E-state index in [1.807, 2.05) is 0 Å². The molecule has 1 amide bonds. The van der Waals surface area contributed by atoms with Crippen molar-refractivity contribution in [1.82, 2.24) is 0 Å². The number of primary amides is 1. The molecule has 1 atom stereocenters. The summed E-state index contributed by atoms with van der Waals surface area (Å²) in [5.41, 5.74) is 4.88. The lowest BCUT2D eigenvalue weighted by molar-refractivity contribution is -0.138. The van der Waals surface area contributed by atoms with Gasteiger partial charge in [-0.15, -0.1) is 0 Å². The topological polar surface area (TPSA) is 60.2 Å². The Balaban J connectivity index is 3.56. The van der Waals surface area contributed by atoms with Gasteiger partial charge in [0.1, 0.15) is 0 Å². The summed E-state index contributed by atoms with van der Waals surface area (Å²) in [7, 11) is 0. The normalized spacial score (nSPS) is 12.5. The number of Topliss-reactive ketones (excluding diaryl/α,β-unsaturated/α-hetero) is 1. The van der Waals surface area contributed by atoms with E-state index >= 15 is 0 Å².